The minimum atomic E-state index is -0.00229. The number of ketones is 1. The number of carbonyl (C=O) groups is 1. The van der Waals surface area contributed by atoms with Gasteiger partial charge in [0.05, 0.1) is 5.69 Å². The average molecular weight is 283 g/mol. The van der Waals surface area contributed by atoms with Crippen molar-refractivity contribution in [3.8, 4) is 5.75 Å². The zero-order valence-electron chi connectivity index (χ0n) is 12.7. The molecule has 3 heteroatoms. The second-order valence-electron chi connectivity index (χ2n) is 5.49. The number of benzene rings is 2. The summed E-state index contributed by atoms with van der Waals surface area (Å²) in [6.07, 6.45) is 0. The number of ether oxygens (including phenoxy) is 1. The molecule has 0 heterocycles. The SMILES string of the molecule is CC(=O)c1ccc(OCc2ccc(C(C)C)cc2)c(N)c1. The van der Waals surface area contributed by atoms with Gasteiger partial charge in [-0.05, 0) is 42.2 Å². The molecule has 2 rings (SSSR count). The molecule has 0 amide bonds. The van der Waals surface area contributed by atoms with Gasteiger partial charge in [-0.1, -0.05) is 38.1 Å². The Morgan fingerprint density at radius 3 is 2.33 bits per heavy atom. The van der Waals surface area contributed by atoms with Crippen molar-refractivity contribution in [2.24, 2.45) is 0 Å². The fourth-order valence-electron chi connectivity index (χ4n) is 2.06. The van der Waals surface area contributed by atoms with Crippen LogP contribution in [0.4, 0.5) is 5.69 Å². The molecule has 0 radical (unpaired) electrons. The Kier molecular flexibility index (Phi) is 4.63. The highest BCUT2D eigenvalue weighted by Gasteiger charge is 2.06. The maximum atomic E-state index is 11.3. The molecule has 21 heavy (non-hydrogen) atoms. The van der Waals surface area contributed by atoms with E-state index in [-0.39, 0.29) is 5.78 Å². The zero-order chi connectivity index (χ0) is 15.4. The Morgan fingerprint density at radius 1 is 1.14 bits per heavy atom. The van der Waals surface area contributed by atoms with Crippen LogP contribution in [0.2, 0.25) is 0 Å². The van der Waals surface area contributed by atoms with Crippen molar-refractivity contribution in [2.75, 3.05) is 5.73 Å². The van der Waals surface area contributed by atoms with E-state index in [0.29, 0.717) is 29.5 Å². The molecule has 3 nitrogen and oxygen atoms in total. The summed E-state index contributed by atoms with van der Waals surface area (Å²) >= 11 is 0. The van der Waals surface area contributed by atoms with Gasteiger partial charge in [0.1, 0.15) is 12.4 Å². The van der Waals surface area contributed by atoms with E-state index in [1.165, 1.54) is 12.5 Å². The molecule has 0 atom stereocenters. The van der Waals surface area contributed by atoms with Crippen molar-refractivity contribution in [3.63, 3.8) is 0 Å². The molecule has 0 aliphatic rings. The van der Waals surface area contributed by atoms with Crippen LogP contribution in [-0.2, 0) is 6.61 Å². The number of anilines is 1. The number of nitrogens with two attached hydrogens (primary N) is 1. The van der Waals surface area contributed by atoms with E-state index in [0.717, 1.165) is 5.56 Å². The summed E-state index contributed by atoms with van der Waals surface area (Å²) < 4.78 is 5.72. The number of hydrogen-bond acceptors (Lipinski definition) is 3. The third-order valence-electron chi connectivity index (χ3n) is 3.46. The quantitative estimate of drug-likeness (QED) is 0.661. The fraction of sp³-hybridized carbons (Fsp3) is 0.278. The molecular formula is C18H21NO2. The number of carbonyl (C=O) groups excluding carboxylic acids is 1. The van der Waals surface area contributed by atoms with Gasteiger partial charge in [0.2, 0.25) is 0 Å². The summed E-state index contributed by atoms with van der Waals surface area (Å²) in [4.78, 5) is 11.3. The Morgan fingerprint density at radius 2 is 1.81 bits per heavy atom. The van der Waals surface area contributed by atoms with Gasteiger partial charge in [-0.2, -0.15) is 0 Å². The molecule has 0 aliphatic heterocycles. The van der Waals surface area contributed by atoms with Crippen LogP contribution in [0, 0.1) is 0 Å². The number of Topliss-reactive ketones (excluding diaryl/α,β-unsaturated/α-hetero) is 1. The Balaban J connectivity index is 2.04. The first kappa shape index (κ1) is 15.1. The highest BCUT2D eigenvalue weighted by molar-refractivity contribution is 5.95. The maximum absolute atomic E-state index is 11.3. The predicted octanol–water partition coefficient (Wildman–Crippen LogP) is 4.17. The largest absolute Gasteiger partial charge is 0.487 e. The molecule has 2 N–H and O–H groups in total. The first-order valence-electron chi connectivity index (χ1n) is 7.09. The van der Waals surface area contributed by atoms with E-state index in [4.69, 9.17) is 10.5 Å². The van der Waals surface area contributed by atoms with Crippen LogP contribution in [0.5, 0.6) is 5.75 Å². The van der Waals surface area contributed by atoms with Crippen molar-refractivity contribution in [1.82, 2.24) is 0 Å². The zero-order valence-corrected chi connectivity index (χ0v) is 12.7. The number of nitrogen functional groups attached to an aromatic ring is 1. The molecule has 0 saturated heterocycles. The van der Waals surface area contributed by atoms with Crippen LogP contribution in [-0.4, -0.2) is 5.78 Å². The van der Waals surface area contributed by atoms with Crippen molar-refractivity contribution in [2.45, 2.75) is 33.3 Å². The minimum absolute atomic E-state index is 0.00229. The number of rotatable bonds is 5. The lowest BCUT2D eigenvalue weighted by atomic mass is 10.0. The molecular weight excluding hydrogens is 262 g/mol. The van der Waals surface area contributed by atoms with Crippen LogP contribution in [0.25, 0.3) is 0 Å². The lowest BCUT2D eigenvalue weighted by Gasteiger charge is -2.11. The van der Waals surface area contributed by atoms with Gasteiger partial charge >= 0.3 is 0 Å². The van der Waals surface area contributed by atoms with E-state index in [1.807, 2.05) is 0 Å². The minimum Gasteiger partial charge on any atom is -0.487 e. The van der Waals surface area contributed by atoms with Crippen molar-refractivity contribution < 1.29 is 9.53 Å². The summed E-state index contributed by atoms with van der Waals surface area (Å²) in [7, 11) is 0. The molecule has 0 spiro atoms. The first-order valence-corrected chi connectivity index (χ1v) is 7.09. The highest BCUT2D eigenvalue weighted by atomic mass is 16.5. The molecule has 0 unspecified atom stereocenters. The maximum Gasteiger partial charge on any atom is 0.159 e. The molecule has 0 aromatic heterocycles. The van der Waals surface area contributed by atoms with E-state index < -0.39 is 0 Å². The van der Waals surface area contributed by atoms with Gasteiger partial charge < -0.3 is 10.5 Å². The lowest BCUT2D eigenvalue weighted by Crippen LogP contribution is -2.01. The monoisotopic (exact) mass is 283 g/mol. The van der Waals surface area contributed by atoms with Crippen LogP contribution in [0.1, 0.15) is 48.2 Å². The third-order valence-corrected chi connectivity index (χ3v) is 3.46. The van der Waals surface area contributed by atoms with Crippen LogP contribution in [0.3, 0.4) is 0 Å². The Bertz CT molecular complexity index is 630. The fourth-order valence-corrected chi connectivity index (χ4v) is 2.06. The molecule has 2 aromatic carbocycles. The summed E-state index contributed by atoms with van der Waals surface area (Å²) in [6, 6.07) is 13.5. The molecule has 0 aliphatic carbocycles. The van der Waals surface area contributed by atoms with Gasteiger partial charge in [0.15, 0.2) is 5.78 Å². The summed E-state index contributed by atoms with van der Waals surface area (Å²) in [6.45, 7) is 6.32. The topological polar surface area (TPSA) is 52.3 Å². The molecule has 0 bridgehead atoms. The third kappa shape index (κ3) is 3.85. The lowest BCUT2D eigenvalue weighted by molar-refractivity contribution is 0.101. The molecule has 0 saturated carbocycles. The van der Waals surface area contributed by atoms with E-state index in [9.17, 15) is 4.79 Å². The Labute approximate surface area is 125 Å². The standard InChI is InChI=1S/C18H21NO2/c1-12(2)15-6-4-14(5-7-15)11-21-18-9-8-16(13(3)20)10-17(18)19/h4-10,12H,11,19H2,1-3H3. The van der Waals surface area contributed by atoms with Gasteiger partial charge in [-0.25, -0.2) is 0 Å². The van der Waals surface area contributed by atoms with Crippen molar-refractivity contribution >= 4 is 11.5 Å². The van der Waals surface area contributed by atoms with Crippen molar-refractivity contribution in [1.29, 1.82) is 0 Å². The van der Waals surface area contributed by atoms with Crippen molar-refractivity contribution in [3.05, 3.63) is 59.2 Å². The summed E-state index contributed by atoms with van der Waals surface area (Å²) in [5.41, 5.74) is 9.40. The normalized spacial score (nSPS) is 10.7. The second-order valence-corrected chi connectivity index (χ2v) is 5.49. The van der Waals surface area contributed by atoms with Crippen LogP contribution in [0.15, 0.2) is 42.5 Å². The summed E-state index contributed by atoms with van der Waals surface area (Å²) in [5, 5.41) is 0. The first-order chi connectivity index (χ1) is 9.97. The molecule has 0 fully saturated rings. The van der Waals surface area contributed by atoms with E-state index >= 15 is 0 Å². The van der Waals surface area contributed by atoms with Crippen LogP contribution >= 0.6 is 0 Å². The Hall–Kier alpha value is -2.29. The average Bonchev–Trinajstić information content (AvgIpc) is 2.46. The predicted molar refractivity (Wildman–Crippen MR) is 85.7 cm³/mol. The number of hydrogen-bond donors (Lipinski definition) is 1. The summed E-state index contributed by atoms with van der Waals surface area (Å²) in [5.74, 6) is 1.13. The van der Waals surface area contributed by atoms with Gasteiger partial charge in [0, 0.05) is 5.56 Å². The highest BCUT2D eigenvalue weighted by Crippen LogP contribution is 2.24. The van der Waals surface area contributed by atoms with E-state index in [2.05, 4.69) is 38.1 Å². The van der Waals surface area contributed by atoms with E-state index in [1.54, 1.807) is 18.2 Å². The molecule has 110 valence electrons. The second kappa shape index (κ2) is 6.44. The molecule has 2 aromatic rings. The smallest absolute Gasteiger partial charge is 0.159 e. The van der Waals surface area contributed by atoms with Crippen LogP contribution < -0.4 is 10.5 Å². The van der Waals surface area contributed by atoms with Gasteiger partial charge in [-0.15, -0.1) is 0 Å². The van der Waals surface area contributed by atoms with Gasteiger partial charge in [-0.3, -0.25) is 4.79 Å². The van der Waals surface area contributed by atoms with Gasteiger partial charge in [0.25, 0.3) is 0 Å².